The molecule has 1 aliphatic carbocycles. The second-order valence-corrected chi connectivity index (χ2v) is 5.79. The zero-order valence-corrected chi connectivity index (χ0v) is 11.6. The van der Waals surface area contributed by atoms with Gasteiger partial charge >= 0.3 is 0 Å². The summed E-state index contributed by atoms with van der Waals surface area (Å²) in [6.45, 7) is 7.15. The topological polar surface area (TPSA) is 21.3 Å². The number of hydrogen-bond acceptors (Lipinski definition) is 2. The minimum Gasteiger partial charge on any atom is -0.381 e. The highest BCUT2D eigenvalue weighted by molar-refractivity contribution is 5.26. The van der Waals surface area contributed by atoms with Crippen LogP contribution in [0.4, 0.5) is 4.39 Å². The van der Waals surface area contributed by atoms with Crippen LogP contribution in [0.2, 0.25) is 0 Å². The van der Waals surface area contributed by atoms with Gasteiger partial charge in [-0.1, -0.05) is 19.9 Å². The van der Waals surface area contributed by atoms with Crippen LogP contribution in [0.25, 0.3) is 0 Å². The van der Waals surface area contributed by atoms with Gasteiger partial charge in [-0.2, -0.15) is 0 Å². The van der Waals surface area contributed by atoms with E-state index in [0.29, 0.717) is 18.7 Å². The summed E-state index contributed by atoms with van der Waals surface area (Å²) >= 11 is 0. The quantitative estimate of drug-likeness (QED) is 0.888. The van der Waals surface area contributed by atoms with Crippen molar-refractivity contribution in [3.05, 3.63) is 35.1 Å². The lowest BCUT2D eigenvalue weighted by Gasteiger charge is -2.51. The number of ether oxygens (including phenoxy) is 1. The summed E-state index contributed by atoms with van der Waals surface area (Å²) in [4.78, 5) is 0. The highest BCUT2D eigenvalue weighted by atomic mass is 19.1. The van der Waals surface area contributed by atoms with Crippen LogP contribution in [0.3, 0.4) is 0 Å². The highest BCUT2D eigenvalue weighted by Crippen LogP contribution is 2.42. The van der Waals surface area contributed by atoms with E-state index in [1.54, 1.807) is 13.2 Å². The van der Waals surface area contributed by atoms with Gasteiger partial charge in [-0.05, 0) is 36.6 Å². The summed E-state index contributed by atoms with van der Waals surface area (Å²) in [6, 6.07) is 5.38. The highest BCUT2D eigenvalue weighted by Gasteiger charge is 2.48. The number of aryl methyl sites for hydroxylation is 1. The van der Waals surface area contributed by atoms with Gasteiger partial charge in [0.1, 0.15) is 5.82 Å². The third-order valence-electron chi connectivity index (χ3n) is 4.31. The van der Waals surface area contributed by atoms with Gasteiger partial charge in [-0.15, -0.1) is 0 Å². The largest absolute Gasteiger partial charge is 0.381 e. The molecule has 1 aromatic rings. The molecule has 2 nitrogen and oxygen atoms in total. The van der Waals surface area contributed by atoms with Crippen LogP contribution in [-0.4, -0.2) is 19.3 Å². The van der Waals surface area contributed by atoms with Crippen LogP contribution < -0.4 is 5.32 Å². The minimum absolute atomic E-state index is 0.149. The van der Waals surface area contributed by atoms with Crippen molar-refractivity contribution in [2.45, 2.75) is 45.9 Å². The average Bonchev–Trinajstić information content (AvgIpc) is 2.32. The van der Waals surface area contributed by atoms with Gasteiger partial charge in [-0.25, -0.2) is 4.39 Å². The van der Waals surface area contributed by atoms with Crippen molar-refractivity contribution < 1.29 is 9.13 Å². The number of nitrogens with one attached hydrogen (secondary N) is 1. The molecule has 100 valence electrons. The predicted molar refractivity (Wildman–Crippen MR) is 71.0 cm³/mol. The Morgan fingerprint density at radius 3 is 2.78 bits per heavy atom. The van der Waals surface area contributed by atoms with Crippen LogP contribution in [0.1, 0.15) is 31.4 Å². The van der Waals surface area contributed by atoms with Crippen LogP contribution in [0.15, 0.2) is 18.2 Å². The number of benzene rings is 1. The maximum absolute atomic E-state index is 13.2. The van der Waals surface area contributed by atoms with Crippen molar-refractivity contribution in [1.29, 1.82) is 0 Å². The number of halogens is 1. The molecule has 0 saturated heterocycles. The average molecular weight is 251 g/mol. The standard InChI is InChI=1S/C15H22FNO/c1-10-5-6-12(16)7-11(10)9-17-13-8-14(18-4)15(13,2)3/h5-7,13-14,17H,8-9H2,1-4H3. The molecule has 0 bridgehead atoms. The van der Waals surface area contributed by atoms with E-state index in [2.05, 4.69) is 19.2 Å². The van der Waals surface area contributed by atoms with Crippen LogP contribution in [0, 0.1) is 18.2 Å². The molecule has 0 heterocycles. The molecule has 1 aromatic carbocycles. The predicted octanol–water partition coefficient (Wildman–Crippen LogP) is 3.04. The SMILES string of the molecule is COC1CC(NCc2cc(F)ccc2C)C1(C)C. The summed E-state index contributed by atoms with van der Waals surface area (Å²) in [7, 11) is 1.76. The fourth-order valence-electron chi connectivity index (χ4n) is 2.70. The molecule has 1 saturated carbocycles. The fraction of sp³-hybridized carbons (Fsp3) is 0.600. The molecule has 1 fully saturated rings. The first kappa shape index (κ1) is 13.5. The Kier molecular flexibility index (Phi) is 3.74. The van der Waals surface area contributed by atoms with Crippen LogP contribution >= 0.6 is 0 Å². The van der Waals surface area contributed by atoms with Crippen molar-refractivity contribution >= 4 is 0 Å². The van der Waals surface area contributed by atoms with Crippen molar-refractivity contribution in [3.63, 3.8) is 0 Å². The van der Waals surface area contributed by atoms with E-state index in [1.807, 2.05) is 13.0 Å². The number of methoxy groups -OCH3 is 1. The first-order chi connectivity index (χ1) is 8.45. The summed E-state index contributed by atoms with van der Waals surface area (Å²) in [5.74, 6) is -0.167. The third kappa shape index (κ3) is 2.43. The normalized spacial score (nSPS) is 25.8. The van der Waals surface area contributed by atoms with Crippen molar-refractivity contribution in [3.8, 4) is 0 Å². The van der Waals surface area contributed by atoms with Crippen molar-refractivity contribution in [2.24, 2.45) is 5.41 Å². The summed E-state index contributed by atoms with van der Waals surface area (Å²) in [5, 5.41) is 3.51. The van der Waals surface area contributed by atoms with Gasteiger partial charge in [0.05, 0.1) is 6.10 Å². The van der Waals surface area contributed by atoms with E-state index in [9.17, 15) is 4.39 Å². The maximum atomic E-state index is 13.2. The lowest BCUT2D eigenvalue weighted by molar-refractivity contribution is -0.0979. The van der Waals surface area contributed by atoms with Gasteiger partial charge in [0, 0.05) is 25.1 Å². The Morgan fingerprint density at radius 2 is 2.17 bits per heavy atom. The molecule has 18 heavy (non-hydrogen) atoms. The van der Waals surface area contributed by atoms with E-state index in [0.717, 1.165) is 17.5 Å². The van der Waals surface area contributed by atoms with E-state index in [1.165, 1.54) is 6.07 Å². The zero-order valence-electron chi connectivity index (χ0n) is 11.6. The zero-order chi connectivity index (χ0) is 13.3. The van der Waals surface area contributed by atoms with E-state index < -0.39 is 0 Å². The Morgan fingerprint density at radius 1 is 1.44 bits per heavy atom. The van der Waals surface area contributed by atoms with Gasteiger partial charge < -0.3 is 10.1 Å². The number of rotatable bonds is 4. The summed E-state index contributed by atoms with van der Waals surface area (Å²) in [6.07, 6.45) is 1.35. The van der Waals surface area contributed by atoms with Gasteiger partial charge in [0.15, 0.2) is 0 Å². The molecule has 0 aliphatic heterocycles. The fourth-order valence-corrected chi connectivity index (χ4v) is 2.70. The summed E-state index contributed by atoms with van der Waals surface area (Å²) < 4.78 is 18.6. The molecule has 0 radical (unpaired) electrons. The Balaban J connectivity index is 1.95. The Bertz CT molecular complexity index is 431. The van der Waals surface area contributed by atoms with E-state index in [-0.39, 0.29) is 11.2 Å². The second kappa shape index (κ2) is 4.98. The van der Waals surface area contributed by atoms with E-state index >= 15 is 0 Å². The molecule has 2 rings (SSSR count). The maximum Gasteiger partial charge on any atom is 0.123 e. The molecule has 1 N–H and O–H groups in total. The molecule has 1 aliphatic rings. The van der Waals surface area contributed by atoms with Gasteiger partial charge in [0.25, 0.3) is 0 Å². The summed E-state index contributed by atoms with van der Waals surface area (Å²) in [5.41, 5.74) is 2.31. The first-order valence-electron chi connectivity index (χ1n) is 6.46. The minimum atomic E-state index is -0.167. The molecule has 0 spiro atoms. The molecule has 2 atom stereocenters. The van der Waals surface area contributed by atoms with Crippen molar-refractivity contribution in [1.82, 2.24) is 5.32 Å². The Labute approximate surface area is 109 Å². The molecule has 0 aromatic heterocycles. The van der Waals surface area contributed by atoms with Crippen LogP contribution in [-0.2, 0) is 11.3 Å². The third-order valence-corrected chi connectivity index (χ3v) is 4.31. The number of hydrogen-bond donors (Lipinski definition) is 1. The monoisotopic (exact) mass is 251 g/mol. The smallest absolute Gasteiger partial charge is 0.123 e. The Hall–Kier alpha value is -0.930. The molecular formula is C15H22FNO. The van der Waals surface area contributed by atoms with Gasteiger partial charge in [0.2, 0.25) is 0 Å². The lowest BCUT2D eigenvalue weighted by atomic mass is 9.64. The molecular weight excluding hydrogens is 229 g/mol. The molecule has 2 unspecified atom stereocenters. The second-order valence-electron chi connectivity index (χ2n) is 5.79. The first-order valence-corrected chi connectivity index (χ1v) is 6.46. The van der Waals surface area contributed by atoms with Gasteiger partial charge in [-0.3, -0.25) is 0 Å². The molecule has 0 amide bonds. The van der Waals surface area contributed by atoms with E-state index in [4.69, 9.17) is 4.74 Å². The molecule has 3 heteroatoms. The van der Waals surface area contributed by atoms with Crippen molar-refractivity contribution in [2.75, 3.05) is 7.11 Å². The lowest BCUT2D eigenvalue weighted by Crippen LogP contribution is -2.60. The van der Waals surface area contributed by atoms with Crippen LogP contribution in [0.5, 0.6) is 0 Å².